The molecule has 332 valence electrons. The Balaban J connectivity index is 0.000000241. The number of nitrogens with one attached hydrogen (secondary N) is 2. The summed E-state index contributed by atoms with van der Waals surface area (Å²) in [7, 11) is 6.33. The molecule has 0 heterocycles. The fourth-order valence-electron chi connectivity index (χ4n) is 6.65. The van der Waals surface area contributed by atoms with Crippen LogP contribution in [-0.2, 0) is 22.4 Å². The SMILES string of the molecule is COc1cccc(OC)c1-c1ccc(C[C@H](NC(=O)c2c(Cl)cccc2Cl)C(=O)O)cc1.COc1cccc(OC)c1-c1ccc(C[C@H](NC(=O)c2c(Cl)cccc2Cl)C(=O)O)cc1. The van der Waals surface area contributed by atoms with Gasteiger partial charge >= 0.3 is 11.9 Å². The Bertz CT molecular complexity index is 2360. The minimum absolute atomic E-state index is 0.0423. The summed E-state index contributed by atoms with van der Waals surface area (Å²) in [6.07, 6.45) is 0.152. The summed E-state index contributed by atoms with van der Waals surface area (Å²) >= 11 is 24.2. The van der Waals surface area contributed by atoms with Crippen LogP contribution in [0, 0.1) is 0 Å². The molecule has 6 rings (SSSR count). The Morgan fingerprint density at radius 1 is 0.453 bits per heavy atom. The van der Waals surface area contributed by atoms with Crippen molar-refractivity contribution in [3.63, 3.8) is 0 Å². The van der Waals surface area contributed by atoms with Crippen LogP contribution in [-0.4, -0.2) is 74.5 Å². The molecule has 6 aromatic carbocycles. The third-order valence-corrected chi connectivity index (χ3v) is 11.1. The molecule has 0 spiro atoms. The number of amides is 2. The number of halogens is 4. The molecule has 0 unspecified atom stereocenters. The molecule has 2 atom stereocenters. The lowest BCUT2D eigenvalue weighted by molar-refractivity contribution is -0.140. The molecule has 64 heavy (non-hydrogen) atoms. The fourth-order valence-corrected chi connectivity index (χ4v) is 7.79. The lowest BCUT2D eigenvalue weighted by atomic mass is 9.99. The second-order valence-electron chi connectivity index (χ2n) is 13.8. The van der Waals surface area contributed by atoms with E-state index in [9.17, 15) is 29.4 Å². The van der Waals surface area contributed by atoms with Crippen LogP contribution in [0.1, 0.15) is 31.8 Å². The van der Waals surface area contributed by atoms with Crippen molar-refractivity contribution in [3.8, 4) is 45.3 Å². The number of benzene rings is 6. The topological polar surface area (TPSA) is 170 Å². The van der Waals surface area contributed by atoms with Crippen molar-refractivity contribution in [3.05, 3.63) is 164 Å². The van der Waals surface area contributed by atoms with Crippen molar-refractivity contribution in [1.29, 1.82) is 0 Å². The monoisotopic (exact) mass is 946 g/mol. The van der Waals surface area contributed by atoms with Gasteiger partial charge in [0.15, 0.2) is 0 Å². The smallest absolute Gasteiger partial charge is 0.326 e. The molecule has 0 fully saturated rings. The number of methoxy groups -OCH3 is 4. The number of carboxylic acid groups (broad SMARTS) is 2. The molecule has 0 saturated carbocycles. The molecule has 0 aliphatic rings. The predicted molar refractivity (Wildman–Crippen MR) is 248 cm³/mol. The molecular formula is C48H42Cl4N2O10. The molecular weight excluding hydrogens is 906 g/mol. The summed E-state index contributed by atoms with van der Waals surface area (Å²) in [6.45, 7) is 0. The number of carboxylic acids is 2. The highest BCUT2D eigenvalue weighted by molar-refractivity contribution is 6.40. The number of hydrogen-bond acceptors (Lipinski definition) is 8. The van der Waals surface area contributed by atoms with E-state index in [1.54, 1.807) is 64.8 Å². The molecule has 2 amide bonds. The van der Waals surface area contributed by atoms with Crippen LogP contribution in [0.25, 0.3) is 22.3 Å². The third-order valence-electron chi connectivity index (χ3n) is 9.81. The first-order chi connectivity index (χ1) is 30.7. The number of rotatable bonds is 16. The number of hydrogen-bond donors (Lipinski definition) is 4. The van der Waals surface area contributed by atoms with E-state index < -0.39 is 35.8 Å². The molecule has 0 radical (unpaired) electrons. The number of carbonyl (C=O) groups is 4. The summed E-state index contributed by atoms with van der Waals surface area (Å²) in [5, 5.41) is 24.8. The molecule has 0 aliphatic heterocycles. The molecule has 0 saturated heterocycles. The zero-order chi connectivity index (χ0) is 46.5. The van der Waals surface area contributed by atoms with E-state index in [2.05, 4.69) is 10.6 Å². The van der Waals surface area contributed by atoms with Gasteiger partial charge < -0.3 is 39.8 Å². The van der Waals surface area contributed by atoms with Gasteiger partial charge in [-0.1, -0.05) is 119 Å². The molecule has 0 aliphatic carbocycles. The van der Waals surface area contributed by atoms with Crippen molar-refractivity contribution in [2.45, 2.75) is 24.9 Å². The first-order valence-corrected chi connectivity index (χ1v) is 20.8. The average molecular weight is 949 g/mol. The summed E-state index contributed by atoms with van der Waals surface area (Å²) in [5.74, 6) is -1.01. The third kappa shape index (κ3) is 12.0. The van der Waals surface area contributed by atoms with E-state index in [-0.39, 0.29) is 44.1 Å². The Morgan fingerprint density at radius 3 is 0.969 bits per heavy atom. The lowest BCUT2D eigenvalue weighted by Gasteiger charge is -2.17. The van der Waals surface area contributed by atoms with Gasteiger partial charge in [-0.05, 0) is 70.8 Å². The second-order valence-corrected chi connectivity index (χ2v) is 15.4. The Labute approximate surface area is 389 Å². The molecule has 0 aromatic heterocycles. The van der Waals surface area contributed by atoms with Crippen LogP contribution in [0.3, 0.4) is 0 Å². The molecule has 0 bridgehead atoms. The van der Waals surface area contributed by atoms with Crippen molar-refractivity contribution in [1.82, 2.24) is 10.6 Å². The van der Waals surface area contributed by atoms with E-state index in [4.69, 9.17) is 65.4 Å². The van der Waals surface area contributed by atoms with Crippen LogP contribution in [0.2, 0.25) is 20.1 Å². The molecule has 6 aromatic rings. The van der Waals surface area contributed by atoms with Gasteiger partial charge in [0, 0.05) is 12.8 Å². The lowest BCUT2D eigenvalue weighted by Crippen LogP contribution is -2.42. The predicted octanol–water partition coefficient (Wildman–Crippen LogP) is 10.2. The number of ether oxygens (including phenoxy) is 4. The number of aliphatic carboxylic acids is 2. The molecule has 16 heteroatoms. The summed E-state index contributed by atoms with van der Waals surface area (Å²) in [4.78, 5) is 48.8. The Hall–Kier alpha value is -6.44. The van der Waals surface area contributed by atoms with E-state index in [0.29, 0.717) is 23.0 Å². The first kappa shape index (κ1) is 48.6. The average Bonchev–Trinajstić information content (AvgIpc) is 3.28. The van der Waals surface area contributed by atoms with Crippen molar-refractivity contribution < 1.29 is 48.3 Å². The fraction of sp³-hybridized carbons (Fsp3) is 0.167. The van der Waals surface area contributed by atoms with E-state index in [0.717, 1.165) is 33.4 Å². The maximum Gasteiger partial charge on any atom is 0.326 e. The maximum atomic E-state index is 12.6. The van der Waals surface area contributed by atoms with Gasteiger partial charge in [0.1, 0.15) is 35.1 Å². The Morgan fingerprint density at radius 2 is 0.719 bits per heavy atom. The molecule has 12 nitrogen and oxygen atoms in total. The van der Waals surface area contributed by atoms with Crippen molar-refractivity contribution >= 4 is 70.2 Å². The largest absolute Gasteiger partial charge is 0.496 e. The highest BCUT2D eigenvalue weighted by Gasteiger charge is 2.26. The van der Waals surface area contributed by atoms with Crippen LogP contribution in [0.4, 0.5) is 0 Å². The van der Waals surface area contributed by atoms with Gasteiger partial charge in [0.25, 0.3) is 11.8 Å². The van der Waals surface area contributed by atoms with Gasteiger partial charge in [0.05, 0.1) is 70.8 Å². The summed E-state index contributed by atoms with van der Waals surface area (Å²) < 4.78 is 21.8. The normalized spacial score (nSPS) is 11.5. The minimum Gasteiger partial charge on any atom is -0.496 e. The second kappa shape index (κ2) is 22.8. The van der Waals surface area contributed by atoms with Crippen molar-refractivity contribution in [2.75, 3.05) is 28.4 Å². The molecule has 4 N–H and O–H groups in total. The van der Waals surface area contributed by atoms with Gasteiger partial charge in [-0.2, -0.15) is 0 Å². The van der Waals surface area contributed by atoms with E-state index >= 15 is 0 Å². The minimum atomic E-state index is -1.17. The van der Waals surface area contributed by atoms with Crippen LogP contribution < -0.4 is 29.6 Å². The zero-order valence-electron chi connectivity index (χ0n) is 34.8. The van der Waals surface area contributed by atoms with E-state index in [1.165, 1.54) is 24.3 Å². The van der Waals surface area contributed by atoms with Gasteiger partial charge in [-0.25, -0.2) is 9.59 Å². The van der Waals surface area contributed by atoms with E-state index in [1.807, 2.05) is 60.7 Å². The maximum absolute atomic E-state index is 12.6. The van der Waals surface area contributed by atoms with Crippen LogP contribution in [0.5, 0.6) is 23.0 Å². The van der Waals surface area contributed by atoms with Gasteiger partial charge in [-0.3, -0.25) is 9.59 Å². The van der Waals surface area contributed by atoms with Gasteiger partial charge in [-0.15, -0.1) is 0 Å². The Kier molecular flexibility index (Phi) is 17.3. The summed E-state index contributed by atoms with van der Waals surface area (Å²) in [6, 6.07) is 32.5. The van der Waals surface area contributed by atoms with Crippen LogP contribution >= 0.6 is 46.4 Å². The highest BCUT2D eigenvalue weighted by atomic mass is 35.5. The van der Waals surface area contributed by atoms with Crippen molar-refractivity contribution in [2.24, 2.45) is 0 Å². The summed E-state index contributed by atoms with van der Waals surface area (Å²) in [5.41, 5.74) is 4.81. The highest BCUT2D eigenvalue weighted by Crippen LogP contribution is 2.39. The van der Waals surface area contributed by atoms with Gasteiger partial charge in [0.2, 0.25) is 0 Å². The quantitative estimate of drug-likeness (QED) is 0.0733. The van der Waals surface area contributed by atoms with Crippen LogP contribution in [0.15, 0.2) is 121 Å². The zero-order valence-corrected chi connectivity index (χ0v) is 37.8. The first-order valence-electron chi connectivity index (χ1n) is 19.3. The number of carbonyl (C=O) groups excluding carboxylic acids is 2. The standard InChI is InChI=1S/2C24H21Cl2NO5/c2*1-31-19-7-4-8-20(32-2)21(19)15-11-9-14(10-12-15)13-18(24(29)30)27-23(28)22-16(25)5-3-6-17(22)26/h2*3-12,18H,13H2,1-2H3,(H,27,28)(H,29,30)/t2*18-/m00/s1.